The van der Waals surface area contributed by atoms with Gasteiger partial charge in [-0.1, -0.05) is 46.5 Å². The molecule has 1 saturated carbocycles. The molecular formula is C23H34N2O4. The zero-order valence-corrected chi connectivity index (χ0v) is 17.9. The topological polar surface area (TPSA) is 96.4 Å². The van der Waals surface area contributed by atoms with Crippen LogP contribution in [0.3, 0.4) is 0 Å². The first-order valence-corrected chi connectivity index (χ1v) is 10.6. The first-order chi connectivity index (χ1) is 13.6. The number of aromatic nitrogens is 1. The van der Waals surface area contributed by atoms with E-state index in [4.69, 9.17) is 0 Å². The van der Waals surface area contributed by atoms with E-state index in [1.165, 1.54) is 56.6 Å². The molecule has 0 saturated heterocycles. The lowest BCUT2D eigenvalue weighted by Crippen LogP contribution is -2.39. The maximum atomic E-state index is 12.6. The molecule has 1 aromatic heterocycles. The number of carbonyl (C=O) groups is 3. The Kier molecular flexibility index (Phi) is 7.94. The first-order valence-electron chi connectivity index (χ1n) is 10.6. The molecule has 2 N–H and O–H groups in total. The van der Waals surface area contributed by atoms with Gasteiger partial charge in [0.1, 0.15) is 0 Å². The normalized spacial score (nSPS) is 17.3. The molecule has 1 aliphatic carbocycles. The Labute approximate surface area is 173 Å². The summed E-state index contributed by atoms with van der Waals surface area (Å²) in [6.45, 7) is 6.85. The zero-order chi connectivity index (χ0) is 21.5. The number of carbonyl (C=O) groups excluding carboxylic acids is 2. The maximum absolute atomic E-state index is 12.6. The van der Waals surface area contributed by atoms with E-state index >= 15 is 0 Å². The lowest BCUT2D eigenvalue weighted by molar-refractivity contribution is -0.141. The van der Waals surface area contributed by atoms with Gasteiger partial charge in [0.05, 0.1) is 6.42 Å². The van der Waals surface area contributed by atoms with Crippen LogP contribution in [0.5, 0.6) is 0 Å². The van der Waals surface area contributed by atoms with Crippen molar-refractivity contribution in [2.24, 2.45) is 16.7 Å². The monoisotopic (exact) mass is 402 g/mol. The molecular weight excluding hydrogens is 368 g/mol. The summed E-state index contributed by atoms with van der Waals surface area (Å²) in [4.78, 5) is 40.0. The van der Waals surface area contributed by atoms with Crippen molar-refractivity contribution in [2.45, 2.75) is 78.6 Å². The predicted octanol–water partition coefficient (Wildman–Crippen LogP) is 4.60. The van der Waals surface area contributed by atoms with Crippen LogP contribution in [-0.2, 0) is 9.59 Å². The quantitative estimate of drug-likeness (QED) is 0.663. The Morgan fingerprint density at radius 1 is 1.14 bits per heavy atom. The number of rotatable bonds is 8. The molecule has 0 radical (unpaired) electrons. The second kappa shape index (κ2) is 9.99. The smallest absolute Gasteiger partial charge is 0.304 e. The lowest BCUT2D eigenvalue weighted by atomic mass is 9.57. The molecule has 0 bridgehead atoms. The number of carboxylic acid groups (broad SMARTS) is 1. The number of hydrogen-bond donors (Lipinski definition) is 2. The molecule has 1 atom stereocenters. The van der Waals surface area contributed by atoms with Gasteiger partial charge < -0.3 is 5.11 Å². The predicted molar refractivity (Wildman–Crippen MR) is 111 cm³/mol. The first kappa shape index (κ1) is 23.0. The van der Waals surface area contributed by atoms with E-state index in [1.807, 2.05) is 0 Å². The van der Waals surface area contributed by atoms with Gasteiger partial charge in [0.15, 0.2) is 0 Å². The minimum atomic E-state index is -1.02. The van der Waals surface area contributed by atoms with Crippen LogP contribution in [0.2, 0.25) is 0 Å². The van der Waals surface area contributed by atoms with Gasteiger partial charge in [-0.3, -0.25) is 24.7 Å². The summed E-state index contributed by atoms with van der Waals surface area (Å²) >= 11 is 0. The fraction of sp³-hybridized carbons (Fsp3) is 0.652. The summed E-state index contributed by atoms with van der Waals surface area (Å²) in [7, 11) is 0. The van der Waals surface area contributed by atoms with Crippen molar-refractivity contribution in [1.82, 2.24) is 10.3 Å². The standard InChI is InChI=1S/C23H34N2O4/c1-22(2,3)23(11-5-4-6-12-23)13-7-8-18(16-19(26)27)21(29)25-20(28)17-9-14-24-15-10-17/h9-10,14-15,18H,4-8,11-13,16H2,1-3H3,(H,26,27)(H,25,28,29). The molecule has 0 aliphatic heterocycles. The third kappa shape index (κ3) is 6.38. The second-order valence-corrected chi connectivity index (χ2v) is 9.33. The van der Waals surface area contributed by atoms with Gasteiger partial charge >= 0.3 is 5.97 Å². The van der Waals surface area contributed by atoms with Crippen molar-refractivity contribution < 1.29 is 19.5 Å². The van der Waals surface area contributed by atoms with E-state index in [0.29, 0.717) is 12.0 Å². The highest BCUT2D eigenvalue weighted by Gasteiger charge is 2.42. The van der Waals surface area contributed by atoms with Crippen LogP contribution in [0.15, 0.2) is 24.5 Å². The average Bonchev–Trinajstić information content (AvgIpc) is 2.67. The third-order valence-corrected chi connectivity index (χ3v) is 6.58. The van der Waals surface area contributed by atoms with Gasteiger partial charge in [0.25, 0.3) is 5.91 Å². The zero-order valence-electron chi connectivity index (χ0n) is 17.9. The van der Waals surface area contributed by atoms with E-state index in [2.05, 4.69) is 31.1 Å². The minimum absolute atomic E-state index is 0.176. The Bertz CT molecular complexity index is 703. The van der Waals surface area contributed by atoms with E-state index in [-0.39, 0.29) is 17.3 Å². The maximum Gasteiger partial charge on any atom is 0.304 e. The van der Waals surface area contributed by atoms with Crippen molar-refractivity contribution in [2.75, 3.05) is 0 Å². The summed E-state index contributed by atoms with van der Waals surface area (Å²) < 4.78 is 0. The number of amides is 2. The number of pyridine rings is 1. The summed E-state index contributed by atoms with van der Waals surface area (Å²) in [5.41, 5.74) is 0.744. The number of hydrogen-bond acceptors (Lipinski definition) is 4. The number of nitrogens with zero attached hydrogens (tertiary/aromatic N) is 1. The molecule has 1 aliphatic rings. The van der Waals surface area contributed by atoms with Gasteiger partial charge in [-0.2, -0.15) is 0 Å². The lowest BCUT2D eigenvalue weighted by Gasteiger charge is -2.48. The minimum Gasteiger partial charge on any atom is -0.481 e. The number of carboxylic acids is 1. The summed E-state index contributed by atoms with van der Waals surface area (Å²) in [5.74, 6) is -2.77. The molecule has 1 aromatic rings. The fourth-order valence-electron chi connectivity index (χ4n) is 4.62. The van der Waals surface area contributed by atoms with Crippen molar-refractivity contribution in [3.63, 3.8) is 0 Å². The Morgan fingerprint density at radius 2 is 1.76 bits per heavy atom. The van der Waals surface area contributed by atoms with E-state index in [9.17, 15) is 19.5 Å². The third-order valence-electron chi connectivity index (χ3n) is 6.58. The van der Waals surface area contributed by atoms with Gasteiger partial charge in [-0.05, 0) is 48.6 Å². The van der Waals surface area contributed by atoms with Gasteiger partial charge in [0.2, 0.25) is 5.91 Å². The van der Waals surface area contributed by atoms with Gasteiger partial charge in [0, 0.05) is 23.9 Å². The van der Waals surface area contributed by atoms with Crippen molar-refractivity contribution >= 4 is 17.8 Å². The van der Waals surface area contributed by atoms with Crippen LogP contribution in [-0.4, -0.2) is 27.9 Å². The highest BCUT2D eigenvalue weighted by molar-refractivity contribution is 6.05. The summed E-state index contributed by atoms with van der Waals surface area (Å²) in [5, 5.41) is 11.6. The molecule has 1 heterocycles. The number of aliphatic carboxylic acids is 1. The molecule has 2 amide bonds. The van der Waals surface area contributed by atoms with Crippen LogP contribution < -0.4 is 5.32 Å². The Balaban J connectivity index is 1.99. The molecule has 1 unspecified atom stereocenters. The van der Waals surface area contributed by atoms with Crippen LogP contribution in [0.4, 0.5) is 0 Å². The van der Waals surface area contributed by atoms with E-state index in [0.717, 1.165) is 12.8 Å². The van der Waals surface area contributed by atoms with Crippen molar-refractivity contribution in [1.29, 1.82) is 0 Å². The Morgan fingerprint density at radius 3 is 2.31 bits per heavy atom. The number of nitrogens with one attached hydrogen (secondary N) is 1. The van der Waals surface area contributed by atoms with Gasteiger partial charge in [-0.15, -0.1) is 0 Å². The van der Waals surface area contributed by atoms with Gasteiger partial charge in [-0.25, -0.2) is 0 Å². The SMILES string of the molecule is CC(C)(C)C1(CCCC(CC(=O)O)C(=O)NC(=O)c2ccncc2)CCCCC1. The molecule has 29 heavy (non-hydrogen) atoms. The van der Waals surface area contributed by atoms with E-state index < -0.39 is 23.7 Å². The highest BCUT2D eigenvalue weighted by atomic mass is 16.4. The molecule has 160 valence electrons. The molecule has 0 spiro atoms. The van der Waals surface area contributed by atoms with Crippen LogP contribution in [0.25, 0.3) is 0 Å². The summed E-state index contributed by atoms with van der Waals surface area (Å²) in [6.07, 6.45) is 11.0. The fourth-order valence-corrected chi connectivity index (χ4v) is 4.62. The van der Waals surface area contributed by atoms with Crippen LogP contribution in [0, 0.1) is 16.7 Å². The molecule has 1 fully saturated rings. The van der Waals surface area contributed by atoms with Crippen LogP contribution in [0.1, 0.15) is 88.9 Å². The van der Waals surface area contributed by atoms with Crippen molar-refractivity contribution in [3.05, 3.63) is 30.1 Å². The highest BCUT2D eigenvalue weighted by Crippen LogP contribution is 2.52. The van der Waals surface area contributed by atoms with Crippen LogP contribution >= 0.6 is 0 Å². The summed E-state index contributed by atoms with van der Waals surface area (Å²) in [6, 6.07) is 3.04. The second-order valence-electron chi connectivity index (χ2n) is 9.33. The average molecular weight is 403 g/mol. The molecule has 6 nitrogen and oxygen atoms in total. The van der Waals surface area contributed by atoms with Crippen molar-refractivity contribution in [3.8, 4) is 0 Å². The Hall–Kier alpha value is -2.24. The molecule has 0 aromatic carbocycles. The largest absolute Gasteiger partial charge is 0.481 e. The van der Waals surface area contributed by atoms with E-state index in [1.54, 1.807) is 0 Å². The molecule has 6 heteroatoms. The number of imide groups is 1. The molecule has 2 rings (SSSR count).